The van der Waals surface area contributed by atoms with Crippen LogP contribution < -0.4 is 5.32 Å². The maximum atomic E-state index is 3.76. The Labute approximate surface area is 120 Å². The van der Waals surface area contributed by atoms with E-state index < -0.39 is 0 Å². The van der Waals surface area contributed by atoms with E-state index in [2.05, 4.69) is 31.0 Å². The van der Waals surface area contributed by atoms with Crippen molar-refractivity contribution in [2.24, 2.45) is 17.8 Å². The topological polar surface area (TPSA) is 15.3 Å². The van der Waals surface area contributed by atoms with Crippen molar-refractivity contribution in [2.75, 3.05) is 26.2 Å². The second-order valence-corrected chi connectivity index (χ2v) is 7.10. The van der Waals surface area contributed by atoms with E-state index in [9.17, 15) is 0 Å². The van der Waals surface area contributed by atoms with E-state index in [0.717, 1.165) is 30.3 Å². The van der Waals surface area contributed by atoms with Gasteiger partial charge in [0.15, 0.2) is 0 Å². The number of piperidine rings is 1. The van der Waals surface area contributed by atoms with Gasteiger partial charge in [0, 0.05) is 12.6 Å². The summed E-state index contributed by atoms with van der Waals surface area (Å²) in [5.74, 6) is 2.72. The predicted octanol–water partition coefficient (Wildman–Crippen LogP) is 3.52. The summed E-state index contributed by atoms with van der Waals surface area (Å²) in [5.41, 5.74) is 0. The molecule has 1 aliphatic carbocycles. The van der Waals surface area contributed by atoms with Crippen LogP contribution in [0.4, 0.5) is 0 Å². The van der Waals surface area contributed by atoms with E-state index >= 15 is 0 Å². The molecule has 1 heterocycles. The molecule has 19 heavy (non-hydrogen) atoms. The van der Waals surface area contributed by atoms with Crippen LogP contribution in [-0.2, 0) is 0 Å². The van der Waals surface area contributed by atoms with Crippen LogP contribution in [0.15, 0.2) is 0 Å². The molecule has 0 radical (unpaired) electrons. The Bertz CT molecular complexity index is 246. The minimum absolute atomic E-state index is 0.780. The van der Waals surface area contributed by atoms with Crippen LogP contribution in [0, 0.1) is 17.8 Å². The van der Waals surface area contributed by atoms with Crippen molar-refractivity contribution < 1.29 is 0 Å². The minimum Gasteiger partial charge on any atom is -0.314 e. The molecule has 2 rings (SSSR count). The molecular formula is C17H34N2. The highest BCUT2D eigenvalue weighted by atomic mass is 15.1. The van der Waals surface area contributed by atoms with Crippen molar-refractivity contribution in [1.82, 2.24) is 10.2 Å². The number of nitrogens with one attached hydrogen (secondary N) is 1. The fourth-order valence-electron chi connectivity index (χ4n) is 4.11. The number of hydrogen-bond donors (Lipinski definition) is 1. The largest absolute Gasteiger partial charge is 0.314 e. The van der Waals surface area contributed by atoms with Crippen LogP contribution in [0.25, 0.3) is 0 Å². The molecule has 1 aliphatic heterocycles. The molecule has 0 aromatic rings. The normalized spacial score (nSPS) is 33.8. The molecule has 0 amide bonds. The maximum absolute atomic E-state index is 3.76. The SMILES string of the molecule is CCNC1CCC(C(C)C)CC1CN1CCCCC1. The zero-order valence-electron chi connectivity index (χ0n) is 13.3. The quantitative estimate of drug-likeness (QED) is 0.819. The molecule has 2 aliphatic rings. The Kier molecular flexibility index (Phi) is 6.15. The van der Waals surface area contributed by atoms with E-state index in [0.29, 0.717) is 0 Å². The molecule has 1 saturated carbocycles. The third-order valence-corrected chi connectivity index (χ3v) is 5.37. The van der Waals surface area contributed by atoms with E-state index in [4.69, 9.17) is 0 Å². The van der Waals surface area contributed by atoms with Gasteiger partial charge in [-0.3, -0.25) is 0 Å². The van der Waals surface area contributed by atoms with Gasteiger partial charge in [-0.05, 0) is 69.5 Å². The van der Waals surface area contributed by atoms with Crippen molar-refractivity contribution in [3.63, 3.8) is 0 Å². The predicted molar refractivity (Wildman–Crippen MR) is 83.4 cm³/mol. The summed E-state index contributed by atoms with van der Waals surface area (Å²) in [7, 11) is 0. The van der Waals surface area contributed by atoms with E-state index in [1.807, 2.05) is 0 Å². The van der Waals surface area contributed by atoms with Gasteiger partial charge in [0.2, 0.25) is 0 Å². The first kappa shape index (κ1) is 15.3. The Morgan fingerprint density at radius 2 is 1.84 bits per heavy atom. The summed E-state index contributed by atoms with van der Waals surface area (Å²) in [6.07, 6.45) is 8.58. The molecule has 0 aromatic carbocycles. The first-order chi connectivity index (χ1) is 9.20. The molecule has 3 unspecified atom stereocenters. The van der Waals surface area contributed by atoms with Crippen LogP contribution in [0.5, 0.6) is 0 Å². The molecule has 2 heteroatoms. The summed E-state index contributed by atoms with van der Waals surface area (Å²) in [4.78, 5) is 2.74. The van der Waals surface area contributed by atoms with Crippen LogP contribution in [0.1, 0.15) is 59.3 Å². The lowest BCUT2D eigenvalue weighted by molar-refractivity contribution is 0.111. The molecule has 1 saturated heterocycles. The average molecular weight is 266 g/mol. The van der Waals surface area contributed by atoms with Gasteiger partial charge in [-0.2, -0.15) is 0 Å². The third kappa shape index (κ3) is 4.46. The zero-order chi connectivity index (χ0) is 13.7. The first-order valence-corrected chi connectivity index (χ1v) is 8.66. The van der Waals surface area contributed by atoms with E-state index in [-0.39, 0.29) is 0 Å². The fourth-order valence-corrected chi connectivity index (χ4v) is 4.11. The number of likely N-dealkylation sites (tertiary alicyclic amines) is 1. The summed E-state index contributed by atoms with van der Waals surface area (Å²) >= 11 is 0. The van der Waals surface area contributed by atoms with E-state index in [1.165, 1.54) is 58.2 Å². The van der Waals surface area contributed by atoms with Crippen molar-refractivity contribution >= 4 is 0 Å². The van der Waals surface area contributed by atoms with Crippen LogP contribution in [0.3, 0.4) is 0 Å². The van der Waals surface area contributed by atoms with Crippen molar-refractivity contribution in [1.29, 1.82) is 0 Å². The van der Waals surface area contributed by atoms with Gasteiger partial charge in [0.25, 0.3) is 0 Å². The highest BCUT2D eigenvalue weighted by Crippen LogP contribution is 2.34. The summed E-state index contributed by atoms with van der Waals surface area (Å²) < 4.78 is 0. The van der Waals surface area contributed by atoms with Gasteiger partial charge < -0.3 is 10.2 Å². The summed E-state index contributed by atoms with van der Waals surface area (Å²) in [5, 5.41) is 3.76. The Balaban J connectivity index is 1.90. The second-order valence-electron chi connectivity index (χ2n) is 7.10. The highest BCUT2D eigenvalue weighted by molar-refractivity contribution is 4.87. The number of rotatable bonds is 5. The first-order valence-electron chi connectivity index (χ1n) is 8.66. The molecule has 2 nitrogen and oxygen atoms in total. The molecular weight excluding hydrogens is 232 g/mol. The molecule has 112 valence electrons. The molecule has 0 bridgehead atoms. The Morgan fingerprint density at radius 3 is 2.47 bits per heavy atom. The van der Waals surface area contributed by atoms with Crippen molar-refractivity contribution in [3.05, 3.63) is 0 Å². The van der Waals surface area contributed by atoms with Crippen molar-refractivity contribution in [3.8, 4) is 0 Å². The fraction of sp³-hybridized carbons (Fsp3) is 1.00. The lowest BCUT2D eigenvalue weighted by atomic mass is 9.73. The van der Waals surface area contributed by atoms with Gasteiger partial charge in [0.1, 0.15) is 0 Å². The van der Waals surface area contributed by atoms with E-state index in [1.54, 1.807) is 0 Å². The lowest BCUT2D eigenvalue weighted by Crippen LogP contribution is -2.47. The minimum atomic E-state index is 0.780. The smallest absolute Gasteiger partial charge is 0.0108 e. The van der Waals surface area contributed by atoms with Gasteiger partial charge in [-0.1, -0.05) is 27.2 Å². The number of hydrogen-bond acceptors (Lipinski definition) is 2. The van der Waals surface area contributed by atoms with Gasteiger partial charge in [-0.25, -0.2) is 0 Å². The average Bonchev–Trinajstić information content (AvgIpc) is 2.42. The molecule has 3 atom stereocenters. The lowest BCUT2D eigenvalue weighted by Gasteiger charge is -2.41. The molecule has 1 N–H and O–H groups in total. The van der Waals surface area contributed by atoms with Gasteiger partial charge in [-0.15, -0.1) is 0 Å². The van der Waals surface area contributed by atoms with Crippen LogP contribution in [-0.4, -0.2) is 37.1 Å². The Morgan fingerprint density at radius 1 is 1.11 bits per heavy atom. The second kappa shape index (κ2) is 7.64. The summed E-state index contributed by atoms with van der Waals surface area (Å²) in [6.45, 7) is 12.3. The van der Waals surface area contributed by atoms with Crippen LogP contribution in [0.2, 0.25) is 0 Å². The molecule has 0 spiro atoms. The highest BCUT2D eigenvalue weighted by Gasteiger charge is 2.32. The third-order valence-electron chi connectivity index (χ3n) is 5.37. The standard InChI is InChI=1S/C17H34N2/c1-4-18-17-9-8-15(14(2)3)12-16(17)13-19-10-6-5-7-11-19/h14-18H,4-13H2,1-3H3. The zero-order valence-corrected chi connectivity index (χ0v) is 13.3. The summed E-state index contributed by atoms with van der Waals surface area (Å²) in [6, 6.07) is 0.780. The van der Waals surface area contributed by atoms with Crippen LogP contribution >= 0.6 is 0 Å². The van der Waals surface area contributed by atoms with Crippen molar-refractivity contribution in [2.45, 2.75) is 65.3 Å². The van der Waals surface area contributed by atoms with Gasteiger partial charge in [0.05, 0.1) is 0 Å². The van der Waals surface area contributed by atoms with Gasteiger partial charge >= 0.3 is 0 Å². The Hall–Kier alpha value is -0.0800. The molecule has 2 fully saturated rings. The monoisotopic (exact) mass is 266 g/mol. The maximum Gasteiger partial charge on any atom is 0.0108 e. The molecule has 0 aromatic heterocycles. The number of nitrogens with zero attached hydrogens (tertiary/aromatic N) is 1.